The maximum absolute atomic E-state index is 10.6. The molecule has 2 rings (SSSR count). The highest BCUT2D eigenvalue weighted by Crippen LogP contribution is 2.26. The summed E-state index contributed by atoms with van der Waals surface area (Å²) in [6.45, 7) is 0. The van der Waals surface area contributed by atoms with Crippen LogP contribution in [0, 0.1) is 21.4 Å². The molecule has 0 radical (unpaired) electrons. The van der Waals surface area contributed by atoms with Crippen molar-refractivity contribution in [1.29, 1.82) is 5.26 Å². The minimum Gasteiger partial charge on any atom is -0.366 e. The third-order valence-electron chi connectivity index (χ3n) is 2.23. The fraction of sp³-hybridized carbons (Fsp3) is 0. The van der Waals surface area contributed by atoms with Crippen molar-refractivity contribution in [3.63, 3.8) is 0 Å². The van der Waals surface area contributed by atoms with Crippen LogP contribution in [-0.4, -0.2) is 9.91 Å². The fourth-order valence-corrected chi connectivity index (χ4v) is 1.48. The Morgan fingerprint density at radius 2 is 2.19 bits per heavy atom. The van der Waals surface area contributed by atoms with E-state index in [1.807, 2.05) is 6.07 Å². The molecule has 1 aromatic carbocycles. The predicted octanol–water partition coefficient (Wildman–Crippen LogP) is 2.46. The van der Waals surface area contributed by atoms with Gasteiger partial charge in [0.15, 0.2) is 0 Å². The second-order valence-electron chi connectivity index (χ2n) is 3.20. The summed E-state index contributed by atoms with van der Waals surface area (Å²) in [4.78, 5) is 13.0. The van der Waals surface area contributed by atoms with Crippen LogP contribution >= 0.6 is 0 Å². The van der Waals surface area contributed by atoms with Gasteiger partial charge in [-0.15, -0.1) is 0 Å². The molecule has 0 aliphatic carbocycles. The molecule has 5 nitrogen and oxygen atoms in total. The number of hydrogen-bond donors (Lipinski definition) is 1. The van der Waals surface area contributed by atoms with Crippen molar-refractivity contribution >= 4 is 5.69 Å². The number of nitrogens with zero attached hydrogens (tertiary/aromatic N) is 2. The van der Waals surface area contributed by atoms with Crippen LogP contribution in [0.5, 0.6) is 0 Å². The van der Waals surface area contributed by atoms with E-state index in [1.54, 1.807) is 24.5 Å². The molecule has 16 heavy (non-hydrogen) atoms. The number of nitrogens with one attached hydrogen (secondary N) is 1. The van der Waals surface area contributed by atoms with Gasteiger partial charge in [0, 0.05) is 30.1 Å². The first-order chi connectivity index (χ1) is 7.72. The molecule has 0 atom stereocenters. The smallest absolute Gasteiger partial charge is 0.270 e. The van der Waals surface area contributed by atoms with Gasteiger partial charge in [-0.25, -0.2) is 0 Å². The maximum atomic E-state index is 10.6. The Labute approximate surface area is 91.1 Å². The lowest BCUT2D eigenvalue weighted by atomic mass is 10.1. The molecule has 78 valence electrons. The molecular formula is C11H7N3O2. The summed E-state index contributed by atoms with van der Waals surface area (Å²) >= 11 is 0. The lowest BCUT2D eigenvalue weighted by Gasteiger charge is -1.98. The largest absolute Gasteiger partial charge is 0.366 e. The molecule has 0 aliphatic rings. The molecule has 0 spiro atoms. The highest BCUT2D eigenvalue weighted by atomic mass is 16.6. The van der Waals surface area contributed by atoms with Crippen molar-refractivity contribution in [2.24, 2.45) is 0 Å². The number of non-ortho nitro benzene ring substituents is 1. The van der Waals surface area contributed by atoms with Crippen molar-refractivity contribution in [2.75, 3.05) is 0 Å². The number of H-pyrrole nitrogens is 1. The molecular weight excluding hydrogens is 206 g/mol. The summed E-state index contributed by atoms with van der Waals surface area (Å²) in [6, 6.07) is 8.22. The van der Waals surface area contributed by atoms with Gasteiger partial charge in [0.25, 0.3) is 5.69 Å². The van der Waals surface area contributed by atoms with E-state index in [2.05, 4.69) is 4.98 Å². The molecule has 5 heteroatoms. The summed E-state index contributed by atoms with van der Waals surface area (Å²) < 4.78 is 0. The van der Waals surface area contributed by atoms with Gasteiger partial charge in [0.1, 0.15) is 6.07 Å². The molecule has 0 aliphatic heterocycles. The van der Waals surface area contributed by atoms with Crippen LogP contribution in [0.4, 0.5) is 5.69 Å². The monoisotopic (exact) mass is 213 g/mol. The molecule has 1 heterocycles. The van der Waals surface area contributed by atoms with Crippen LogP contribution in [-0.2, 0) is 0 Å². The number of nitro benzene ring substituents is 1. The maximum Gasteiger partial charge on any atom is 0.270 e. The standard InChI is InChI=1S/C11H7N3O2/c12-5-9-6-13-7-11(9)8-2-1-3-10(4-8)14(15)16/h1-4,6-7,13H. The van der Waals surface area contributed by atoms with Crippen LogP contribution in [0.15, 0.2) is 36.7 Å². The van der Waals surface area contributed by atoms with Gasteiger partial charge in [-0.3, -0.25) is 10.1 Å². The van der Waals surface area contributed by atoms with Crippen molar-refractivity contribution in [3.8, 4) is 17.2 Å². The van der Waals surface area contributed by atoms with E-state index < -0.39 is 4.92 Å². The Hall–Kier alpha value is -2.61. The molecule has 1 N–H and O–H groups in total. The van der Waals surface area contributed by atoms with E-state index in [-0.39, 0.29) is 5.69 Å². The molecule has 2 aromatic rings. The Kier molecular flexibility index (Phi) is 2.40. The van der Waals surface area contributed by atoms with Crippen LogP contribution in [0.25, 0.3) is 11.1 Å². The fourth-order valence-electron chi connectivity index (χ4n) is 1.48. The van der Waals surface area contributed by atoms with Gasteiger partial charge in [-0.1, -0.05) is 12.1 Å². The third-order valence-corrected chi connectivity index (χ3v) is 2.23. The normalized spacial score (nSPS) is 9.69. The van der Waals surface area contributed by atoms with E-state index in [9.17, 15) is 10.1 Å². The Bertz CT molecular complexity index is 581. The topological polar surface area (TPSA) is 82.7 Å². The Morgan fingerprint density at radius 1 is 1.38 bits per heavy atom. The zero-order valence-corrected chi connectivity index (χ0v) is 8.18. The van der Waals surface area contributed by atoms with Gasteiger partial charge in [-0.05, 0) is 5.56 Å². The molecule has 0 saturated heterocycles. The quantitative estimate of drug-likeness (QED) is 0.614. The van der Waals surface area contributed by atoms with Crippen molar-refractivity contribution in [3.05, 3.63) is 52.3 Å². The van der Waals surface area contributed by atoms with Crippen molar-refractivity contribution in [1.82, 2.24) is 4.98 Å². The molecule has 0 unspecified atom stereocenters. The Morgan fingerprint density at radius 3 is 2.88 bits per heavy atom. The highest BCUT2D eigenvalue weighted by molar-refractivity contribution is 5.71. The van der Waals surface area contributed by atoms with E-state index in [0.717, 1.165) is 0 Å². The number of benzene rings is 1. The van der Waals surface area contributed by atoms with Gasteiger partial charge < -0.3 is 4.98 Å². The number of aromatic amines is 1. The van der Waals surface area contributed by atoms with E-state index in [0.29, 0.717) is 16.7 Å². The molecule has 0 saturated carbocycles. The SMILES string of the molecule is N#Cc1c[nH]cc1-c1cccc([N+](=O)[O-])c1. The first-order valence-electron chi connectivity index (χ1n) is 4.54. The second kappa shape index (κ2) is 3.87. The zero-order chi connectivity index (χ0) is 11.5. The number of hydrogen-bond acceptors (Lipinski definition) is 3. The minimum absolute atomic E-state index is 0.0163. The van der Waals surface area contributed by atoms with Crippen LogP contribution in [0.3, 0.4) is 0 Å². The Balaban J connectivity index is 2.53. The molecule has 0 fully saturated rings. The van der Waals surface area contributed by atoms with Crippen LogP contribution < -0.4 is 0 Å². The van der Waals surface area contributed by atoms with Crippen LogP contribution in [0.1, 0.15) is 5.56 Å². The van der Waals surface area contributed by atoms with E-state index in [4.69, 9.17) is 5.26 Å². The van der Waals surface area contributed by atoms with Gasteiger partial charge >= 0.3 is 0 Å². The number of nitriles is 1. The average molecular weight is 213 g/mol. The summed E-state index contributed by atoms with van der Waals surface area (Å²) in [6.07, 6.45) is 3.21. The summed E-state index contributed by atoms with van der Waals surface area (Å²) in [5, 5.41) is 19.5. The van der Waals surface area contributed by atoms with Gasteiger partial charge in [0.05, 0.1) is 10.5 Å². The number of nitro groups is 1. The first kappa shape index (κ1) is 9.93. The highest BCUT2D eigenvalue weighted by Gasteiger charge is 2.10. The van der Waals surface area contributed by atoms with E-state index in [1.165, 1.54) is 12.1 Å². The first-order valence-corrected chi connectivity index (χ1v) is 4.54. The third kappa shape index (κ3) is 1.64. The average Bonchev–Trinajstić information content (AvgIpc) is 2.77. The van der Waals surface area contributed by atoms with Gasteiger partial charge in [0.2, 0.25) is 0 Å². The lowest BCUT2D eigenvalue weighted by Crippen LogP contribution is -1.88. The minimum atomic E-state index is -0.456. The number of aromatic nitrogens is 1. The molecule has 0 bridgehead atoms. The lowest BCUT2D eigenvalue weighted by molar-refractivity contribution is -0.384. The van der Waals surface area contributed by atoms with Crippen molar-refractivity contribution in [2.45, 2.75) is 0 Å². The molecule has 1 aromatic heterocycles. The van der Waals surface area contributed by atoms with Crippen LogP contribution in [0.2, 0.25) is 0 Å². The van der Waals surface area contributed by atoms with E-state index >= 15 is 0 Å². The second-order valence-corrected chi connectivity index (χ2v) is 3.20. The molecule has 0 amide bonds. The van der Waals surface area contributed by atoms with Crippen molar-refractivity contribution < 1.29 is 4.92 Å². The summed E-state index contributed by atoms with van der Waals surface area (Å²) in [5.74, 6) is 0. The zero-order valence-electron chi connectivity index (χ0n) is 8.18. The summed E-state index contributed by atoms with van der Waals surface area (Å²) in [5.41, 5.74) is 1.82. The predicted molar refractivity (Wildman–Crippen MR) is 57.6 cm³/mol. The number of rotatable bonds is 2. The van der Waals surface area contributed by atoms with Gasteiger partial charge in [-0.2, -0.15) is 5.26 Å². The summed E-state index contributed by atoms with van der Waals surface area (Å²) in [7, 11) is 0.